The normalized spacial score (nSPS) is 15.5. The summed E-state index contributed by atoms with van der Waals surface area (Å²) in [5, 5.41) is 16.6. The fourth-order valence-corrected chi connectivity index (χ4v) is 4.24. The summed E-state index contributed by atoms with van der Waals surface area (Å²) in [5.41, 5.74) is 0. The zero-order chi connectivity index (χ0) is 19.4. The second kappa shape index (κ2) is 12.8. The number of hydrogen-bond acceptors (Lipinski definition) is 5. The average Bonchev–Trinajstić information content (AvgIpc) is 3.12. The van der Waals surface area contributed by atoms with Crippen LogP contribution in [0.1, 0.15) is 101 Å². The molecule has 1 heterocycles. The van der Waals surface area contributed by atoms with Gasteiger partial charge in [-0.2, -0.15) is 0 Å². The quantitative estimate of drug-likeness (QED) is 0.663. The monoisotopic (exact) mass is 382 g/mol. The number of nitrogens with zero attached hydrogens (tertiary/aromatic N) is 2. The minimum absolute atomic E-state index is 0.00495. The van der Waals surface area contributed by atoms with Crippen LogP contribution < -0.4 is 10.6 Å². The molecule has 1 aliphatic carbocycles. The Hall–Kier alpha value is -1.50. The van der Waals surface area contributed by atoms with Crippen molar-refractivity contribution in [2.24, 2.45) is 0 Å². The summed E-state index contributed by atoms with van der Waals surface area (Å²) in [6, 6.07) is -0.0744. The Balaban J connectivity index is 0.00000163. The van der Waals surface area contributed by atoms with Gasteiger partial charge in [0.1, 0.15) is 10.0 Å². The largest absolute Gasteiger partial charge is 0.356 e. The van der Waals surface area contributed by atoms with E-state index in [0.29, 0.717) is 12.5 Å². The van der Waals surface area contributed by atoms with Crippen LogP contribution in [0, 0.1) is 0 Å². The van der Waals surface area contributed by atoms with Gasteiger partial charge in [0, 0.05) is 26.3 Å². The van der Waals surface area contributed by atoms with Crippen molar-refractivity contribution in [3.8, 4) is 0 Å². The van der Waals surface area contributed by atoms with Crippen molar-refractivity contribution in [1.29, 1.82) is 0 Å². The van der Waals surface area contributed by atoms with Crippen LogP contribution in [0.25, 0.3) is 0 Å². The number of carbonyl (C=O) groups is 2. The third-order valence-electron chi connectivity index (χ3n) is 4.38. The third-order valence-corrected chi connectivity index (χ3v) is 5.58. The maximum Gasteiger partial charge on any atom is 0.217 e. The molecule has 1 fully saturated rings. The van der Waals surface area contributed by atoms with Crippen molar-refractivity contribution >= 4 is 23.2 Å². The number of nitrogens with one attached hydrogen (secondary N) is 2. The van der Waals surface area contributed by atoms with Gasteiger partial charge in [-0.1, -0.05) is 44.4 Å². The van der Waals surface area contributed by atoms with E-state index in [0.717, 1.165) is 29.3 Å². The lowest BCUT2D eigenvalue weighted by Crippen LogP contribution is -2.26. The van der Waals surface area contributed by atoms with Gasteiger partial charge >= 0.3 is 0 Å². The molecule has 1 aromatic rings. The number of carbonyl (C=O) groups excluding carboxylic acids is 2. The fourth-order valence-electron chi connectivity index (χ4n) is 3.14. The second-order valence-electron chi connectivity index (χ2n) is 6.55. The molecule has 2 rings (SSSR count). The molecule has 0 radical (unpaired) electrons. The molecule has 0 aromatic carbocycles. The first-order valence-electron chi connectivity index (χ1n) is 9.91. The van der Waals surface area contributed by atoms with Gasteiger partial charge in [-0.15, -0.1) is 10.2 Å². The molecule has 1 unspecified atom stereocenters. The summed E-state index contributed by atoms with van der Waals surface area (Å²) in [4.78, 5) is 22.4. The minimum atomic E-state index is -0.0744. The van der Waals surface area contributed by atoms with Crippen molar-refractivity contribution in [3.63, 3.8) is 0 Å². The molecular weight excluding hydrogens is 348 g/mol. The number of amides is 2. The van der Waals surface area contributed by atoms with Crippen LogP contribution >= 0.6 is 11.3 Å². The maximum absolute atomic E-state index is 11.5. The van der Waals surface area contributed by atoms with Crippen molar-refractivity contribution in [3.05, 3.63) is 10.0 Å². The van der Waals surface area contributed by atoms with E-state index in [4.69, 9.17) is 0 Å². The molecule has 2 amide bonds. The molecule has 1 aromatic heterocycles. The molecule has 148 valence electrons. The summed E-state index contributed by atoms with van der Waals surface area (Å²) in [6.07, 6.45) is 8.92. The highest BCUT2D eigenvalue weighted by atomic mass is 32.1. The Morgan fingerprint density at radius 2 is 1.77 bits per heavy atom. The highest BCUT2D eigenvalue weighted by Gasteiger charge is 2.23. The molecule has 1 atom stereocenters. The van der Waals surface area contributed by atoms with Gasteiger partial charge in [-0.25, -0.2) is 0 Å². The topological polar surface area (TPSA) is 84.0 Å². The summed E-state index contributed by atoms with van der Waals surface area (Å²) in [6.45, 7) is 7.73. The summed E-state index contributed by atoms with van der Waals surface area (Å²) < 4.78 is 0. The predicted molar refractivity (Wildman–Crippen MR) is 106 cm³/mol. The van der Waals surface area contributed by atoms with Gasteiger partial charge in [-0.3, -0.25) is 9.59 Å². The zero-order valence-electron chi connectivity index (χ0n) is 16.6. The number of unbranched alkanes of at least 4 members (excludes halogenated alkanes) is 1. The molecule has 6 nitrogen and oxygen atoms in total. The van der Waals surface area contributed by atoms with Crippen LogP contribution in [-0.4, -0.2) is 28.6 Å². The number of aromatic nitrogens is 2. The molecule has 0 spiro atoms. The van der Waals surface area contributed by atoms with E-state index in [1.165, 1.54) is 46.0 Å². The fraction of sp³-hybridized carbons (Fsp3) is 0.789. The number of hydrogen-bond donors (Lipinski definition) is 2. The lowest BCUT2D eigenvalue weighted by Gasteiger charge is -2.18. The smallest absolute Gasteiger partial charge is 0.217 e. The maximum atomic E-state index is 11.5. The molecule has 26 heavy (non-hydrogen) atoms. The Morgan fingerprint density at radius 3 is 2.38 bits per heavy atom. The van der Waals surface area contributed by atoms with Crippen molar-refractivity contribution < 1.29 is 9.59 Å². The van der Waals surface area contributed by atoms with Gasteiger partial charge in [-0.05, 0) is 32.1 Å². The summed E-state index contributed by atoms with van der Waals surface area (Å²) in [7, 11) is 0. The molecule has 0 aliphatic heterocycles. The Labute approximate surface area is 161 Å². The van der Waals surface area contributed by atoms with Gasteiger partial charge in [0.25, 0.3) is 0 Å². The Bertz CT molecular complexity index is 541. The van der Waals surface area contributed by atoms with Crippen LogP contribution in [0.5, 0.6) is 0 Å². The molecule has 1 saturated carbocycles. The highest BCUT2D eigenvalue weighted by Crippen LogP contribution is 2.35. The summed E-state index contributed by atoms with van der Waals surface area (Å²) in [5.74, 6) is 0.494. The van der Waals surface area contributed by atoms with Crippen LogP contribution in [0.4, 0.5) is 0 Å². The van der Waals surface area contributed by atoms with Gasteiger partial charge < -0.3 is 10.6 Å². The number of rotatable bonds is 8. The van der Waals surface area contributed by atoms with Crippen LogP contribution in [-0.2, 0) is 9.59 Å². The predicted octanol–water partition coefficient (Wildman–Crippen LogP) is 4.10. The standard InChI is InChI=1S/C17H28N4O2S.C2H6/c1-12(22)18-11-7-6-10-15(19-13(2)23)17-21-20-16(24-17)14-8-4-3-5-9-14;1-2/h14-15H,3-11H2,1-2H3,(H,18,22)(H,19,23);1-2H3. The van der Waals surface area contributed by atoms with Crippen LogP contribution in [0.15, 0.2) is 0 Å². The van der Waals surface area contributed by atoms with Crippen molar-refractivity contribution in [1.82, 2.24) is 20.8 Å². The van der Waals surface area contributed by atoms with Crippen LogP contribution in [0.3, 0.4) is 0 Å². The van der Waals surface area contributed by atoms with Crippen molar-refractivity contribution in [2.75, 3.05) is 6.54 Å². The van der Waals surface area contributed by atoms with Gasteiger partial charge in [0.05, 0.1) is 6.04 Å². The molecular formula is C19H34N4O2S. The Morgan fingerprint density at radius 1 is 1.08 bits per heavy atom. The van der Waals surface area contributed by atoms with E-state index >= 15 is 0 Å². The zero-order valence-corrected chi connectivity index (χ0v) is 17.5. The first kappa shape index (κ1) is 22.5. The molecule has 7 heteroatoms. The molecule has 1 aliphatic rings. The van der Waals surface area contributed by atoms with E-state index in [1.807, 2.05) is 13.8 Å². The Kier molecular flexibility index (Phi) is 11.1. The average molecular weight is 383 g/mol. The van der Waals surface area contributed by atoms with Crippen LogP contribution in [0.2, 0.25) is 0 Å². The van der Waals surface area contributed by atoms with E-state index in [-0.39, 0.29) is 17.9 Å². The second-order valence-corrected chi connectivity index (χ2v) is 7.59. The minimum Gasteiger partial charge on any atom is -0.356 e. The lowest BCUT2D eigenvalue weighted by molar-refractivity contribution is -0.120. The first-order chi connectivity index (χ1) is 12.6. The molecule has 2 N–H and O–H groups in total. The first-order valence-corrected chi connectivity index (χ1v) is 10.7. The van der Waals surface area contributed by atoms with E-state index in [2.05, 4.69) is 20.8 Å². The molecule has 0 bridgehead atoms. The third kappa shape index (κ3) is 8.25. The van der Waals surface area contributed by atoms with Gasteiger partial charge in [0.15, 0.2) is 0 Å². The van der Waals surface area contributed by atoms with Gasteiger partial charge in [0.2, 0.25) is 11.8 Å². The molecule has 0 saturated heterocycles. The SMILES string of the molecule is CC.CC(=O)NCCCCC(NC(C)=O)c1nnc(C2CCCCC2)s1. The summed E-state index contributed by atoms with van der Waals surface area (Å²) >= 11 is 1.65. The van der Waals surface area contributed by atoms with E-state index in [1.54, 1.807) is 11.3 Å². The highest BCUT2D eigenvalue weighted by molar-refractivity contribution is 7.11. The van der Waals surface area contributed by atoms with Crippen molar-refractivity contribution in [2.45, 2.75) is 91.0 Å². The lowest BCUT2D eigenvalue weighted by atomic mass is 9.90. The van der Waals surface area contributed by atoms with E-state index in [9.17, 15) is 9.59 Å². The van der Waals surface area contributed by atoms with E-state index < -0.39 is 0 Å².